The summed E-state index contributed by atoms with van der Waals surface area (Å²) in [6.07, 6.45) is 24.0. The second kappa shape index (κ2) is 18.1. The van der Waals surface area contributed by atoms with E-state index in [4.69, 9.17) is 0 Å². The van der Waals surface area contributed by atoms with Crippen LogP contribution in [0, 0.1) is 112 Å². The minimum Gasteiger partial charge on any atom is -0.316 e. The van der Waals surface area contributed by atoms with Gasteiger partial charge < -0.3 is 5.32 Å². The van der Waals surface area contributed by atoms with Gasteiger partial charge in [-0.2, -0.15) is 0 Å². The molecule has 52 heavy (non-hydrogen) atoms. The summed E-state index contributed by atoms with van der Waals surface area (Å²) < 4.78 is 1.49. The van der Waals surface area contributed by atoms with E-state index in [0.717, 1.165) is 120 Å². The van der Waals surface area contributed by atoms with Crippen molar-refractivity contribution in [2.45, 2.75) is 186 Å². The number of hydrogen-bond donors (Lipinski definition) is 1. The van der Waals surface area contributed by atoms with Gasteiger partial charge in [-0.1, -0.05) is 147 Å². The van der Waals surface area contributed by atoms with Crippen LogP contribution in [0.25, 0.3) is 0 Å². The largest absolute Gasteiger partial charge is 0.316 e. The lowest BCUT2D eigenvalue weighted by Crippen LogP contribution is -2.63. The van der Waals surface area contributed by atoms with E-state index >= 15 is 0 Å². The molecule has 1 nitrogen and oxygen atoms in total. The minimum atomic E-state index is 0.451. The molecule has 0 saturated heterocycles. The fourth-order valence-electron chi connectivity index (χ4n) is 15.7. The lowest BCUT2D eigenvalue weighted by atomic mass is 9.47. The first kappa shape index (κ1) is 43.0. The van der Waals surface area contributed by atoms with Crippen molar-refractivity contribution < 1.29 is 0 Å². The fraction of sp³-hybridized carbons (Fsp3) is 1.00. The molecular weight excluding hydrogens is 856 g/mol. The number of fused-ring (bicyclic) bond motifs is 7. The zero-order valence-corrected chi connectivity index (χ0v) is 40.5. The van der Waals surface area contributed by atoms with Crippen LogP contribution in [0.4, 0.5) is 0 Å². The molecule has 6 fully saturated rings. The summed E-state index contributed by atoms with van der Waals surface area (Å²) in [5.41, 5.74) is 0.451. The van der Waals surface area contributed by atoms with Crippen molar-refractivity contribution in [3.63, 3.8) is 0 Å². The molecule has 0 aromatic rings. The van der Waals surface area contributed by atoms with Crippen LogP contribution < -0.4 is 5.32 Å². The Kier molecular flexibility index (Phi) is 15.0. The summed E-state index contributed by atoms with van der Waals surface area (Å²) in [4.78, 5) is 0. The van der Waals surface area contributed by atoms with Crippen LogP contribution in [0.5, 0.6) is 0 Å². The number of nitrogens with one attached hydrogen (secondary N) is 1. The van der Waals surface area contributed by atoms with Crippen LogP contribution in [-0.4, -0.2) is 20.9 Å². The third-order valence-electron chi connectivity index (χ3n) is 19.6. The molecular formula is C49H87I2N. The third-order valence-corrected chi connectivity index (χ3v) is 22.4. The predicted octanol–water partition coefficient (Wildman–Crippen LogP) is 14.8. The molecule has 18 unspecified atom stereocenters. The van der Waals surface area contributed by atoms with Gasteiger partial charge in [-0.25, -0.2) is 0 Å². The van der Waals surface area contributed by atoms with E-state index in [2.05, 4.69) is 127 Å². The van der Waals surface area contributed by atoms with Crippen molar-refractivity contribution >= 4 is 45.2 Å². The molecule has 302 valence electrons. The summed E-state index contributed by atoms with van der Waals surface area (Å²) >= 11 is 5.79. The number of hydrogen-bond acceptors (Lipinski definition) is 1. The van der Waals surface area contributed by atoms with Crippen LogP contribution in [0.2, 0.25) is 0 Å². The molecule has 6 aliphatic carbocycles. The molecule has 22 atom stereocenters. The standard InChI is InChI=1S/C49H87I2N/c1-12-14-28(3)29(4)19-20-49(10,13-2)44(51)21-30(5)31(6)45(34(9)50)33(8)46-47-39(48(46)52-11)18-17-37-23-38(42(47)25-37)27-41-32(7)40-24-35-15-16-36(22-35)26-43(40)41/h28-48,52H,12-27H2,1-11H3/t28?,29?,30?,31?,32?,33-,34+,35?,36?,37?,38?,39?,40?,41?,42?,43?,44-,45+,46?,47?,48?,49?/m1/s1. The second-order valence-corrected chi connectivity index (χ2v) is 25.5. The van der Waals surface area contributed by atoms with Crippen LogP contribution >= 0.6 is 45.2 Å². The highest BCUT2D eigenvalue weighted by Gasteiger charge is 2.61. The molecule has 0 amide bonds. The molecule has 4 bridgehead atoms. The van der Waals surface area contributed by atoms with E-state index in [1.54, 1.807) is 51.4 Å². The Morgan fingerprint density at radius 2 is 1.35 bits per heavy atom. The van der Waals surface area contributed by atoms with Gasteiger partial charge in [0.2, 0.25) is 0 Å². The van der Waals surface area contributed by atoms with Crippen LogP contribution in [0.15, 0.2) is 0 Å². The zero-order valence-electron chi connectivity index (χ0n) is 36.2. The monoisotopic (exact) mass is 943 g/mol. The Morgan fingerprint density at radius 1 is 0.731 bits per heavy atom. The average Bonchev–Trinajstić information content (AvgIpc) is 3.63. The van der Waals surface area contributed by atoms with E-state index < -0.39 is 0 Å². The molecule has 1 N–H and O–H groups in total. The maximum Gasteiger partial charge on any atom is 0.0166 e. The van der Waals surface area contributed by atoms with Crippen molar-refractivity contribution in [3.05, 3.63) is 0 Å². The lowest BCUT2D eigenvalue weighted by molar-refractivity contribution is -0.0991. The molecule has 0 aromatic heterocycles. The maximum absolute atomic E-state index is 4.02. The first-order valence-corrected chi connectivity index (χ1v) is 26.2. The summed E-state index contributed by atoms with van der Waals surface area (Å²) in [5.74, 6) is 17.2. The predicted molar refractivity (Wildman–Crippen MR) is 244 cm³/mol. The Labute approximate surface area is 352 Å². The average molecular weight is 944 g/mol. The van der Waals surface area contributed by atoms with Gasteiger partial charge in [-0.3, -0.25) is 0 Å². The van der Waals surface area contributed by atoms with Crippen molar-refractivity contribution in [1.29, 1.82) is 0 Å². The van der Waals surface area contributed by atoms with Crippen molar-refractivity contribution in [1.82, 2.24) is 5.32 Å². The van der Waals surface area contributed by atoms with E-state index in [1.165, 1.54) is 51.4 Å². The van der Waals surface area contributed by atoms with Gasteiger partial charge >= 0.3 is 0 Å². The fourth-order valence-corrected chi connectivity index (χ4v) is 18.5. The highest BCUT2D eigenvalue weighted by atomic mass is 127. The molecule has 6 saturated carbocycles. The number of rotatable bonds is 18. The van der Waals surface area contributed by atoms with Crippen molar-refractivity contribution in [3.8, 4) is 0 Å². The topological polar surface area (TPSA) is 12.0 Å². The molecule has 6 rings (SSSR count). The highest BCUT2D eigenvalue weighted by Crippen LogP contribution is 2.65. The molecule has 0 radical (unpaired) electrons. The van der Waals surface area contributed by atoms with Gasteiger partial charge in [-0.05, 0) is 190 Å². The first-order valence-electron chi connectivity index (χ1n) is 23.7. The molecule has 3 heteroatoms. The van der Waals surface area contributed by atoms with Gasteiger partial charge in [0.1, 0.15) is 0 Å². The summed E-state index contributed by atoms with van der Waals surface area (Å²) in [7, 11) is 2.34. The Morgan fingerprint density at radius 3 is 1.98 bits per heavy atom. The van der Waals surface area contributed by atoms with E-state index in [1.807, 2.05) is 0 Å². The summed E-state index contributed by atoms with van der Waals surface area (Å²) in [6.45, 7) is 25.9. The van der Waals surface area contributed by atoms with Crippen LogP contribution in [-0.2, 0) is 0 Å². The van der Waals surface area contributed by atoms with Gasteiger partial charge in [-0.15, -0.1) is 0 Å². The lowest BCUT2D eigenvalue weighted by Gasteiger charge is -2.60. The smallest absolute Gasteiger partial charge is 0.0166 e. The second-order valence-electron chi connectivity index (χ2n) is 22.0. The van der Waals surface area contributed by atoms with E-state index in [9.17, 15) is 0 Å². The molecule has 6 aliphatic rings. The van der Waals surface area contributed by atoms with Gasteiger partial charge in [0, 0.05) is 13.9 Å². The quantitative estimate of drug-likeness (QED) is 0.107. The van der Waals surface area contributed by atoms with E-state index in [-0.39, 0.29) is 0 Å². The summed E-state index contributed by atoms with van der Waals surface area (Å²) in [5, 5.41) is 4.02. The Balaban J connectivity index is 1.12. The van der Waals surface area contributed by atoms with Gasteiger partial charge in [0.05, 0.1) is 0 Å². The Bertz CT molecular complexity index is 1120. The van der Waals surface area contributed by atoms with Crippen molar-refractivity contribution in [2.75, 3.05) is 7.05 Å². The van der Waals surface area contributed by atoms with E-state index in [0.29, 0.717) is 5.41 Å². The van der Waals surface area contributed by atoms with Gasteiger partial charge in [0.15, 0.2) is 0 Å². The highest BCUT2D eigenvalue weighted by molar-refractivity contribution is 14.1. The first-order chi connectivity index (χ1) is 24.7. The summed E-state index contributed by atoms with van der Waals surface area (Å²) in [6, 6.07) is 0.752. The van der Waals surface area contributed by atoms with Crippen molar-refractivity contribution in [2.24, 2.45) is 112 Å². The Hall–Kier alpha value is 1.42. The van der Waals surface area contributed by atoms with Crippen LogP contribution in [0.1, 0.15) is 172 Å². The maximum atomic E-state index is 4.02. The number of alkyl halides is 2. The third kappa shape index (κ3) is 8.58. The SMILES string of the molecule is CCCC(C)C(C)CCC(C)(CC)[C@H](I)CC(C)C(C)[C@H]([C@H](C)I)[C@@H](C)C1C(NC)C2CCC3CC(CC4C(C)C5CC6CCC(C6)CC54)C(C3)C21. The number of halogens is 2. The minimum absolute atomic E-state index is 0.451. The molecule has 0 aliphatic heterocycles. The molecule has 0 heterocycles. The zero-order chi connectivity index (χ0) is 37.6. The molecule has 0 spiro atoms. The van der Waals surface area contributed by atoms with Crippen LogP contribution in [0.3, 0.4) is 0 Å². The van der Waals surface area contributed by atoms with Gasteiger partial charge in [0.25, 0.3) is 0 Å². The molecule has 0 aromatic carbocycles. The normalized spacial score (nSPS) is 43.9.